The number of nitrogens with zero attached hydrogens (tertiary/aromatic N) is 8. The van der Waals surface area contributed by atoms with Gasteiger partial charge in [-0.1, -0.05) is 83.2 Å². The zero-order chi connectivity index (χ0) is 37.0. The predicted molar refractivity (Wildman–Crippen MR) is 217 cm³/mol. The molecule has 0 bridgehead atoms. The number of hydrogen-bond acceptors (Lipinski definition) is 8. The maximum Gasteiger partial charge on any atom is 0.151 e. The van der Waals surface area contributed by atoms with Gasteiger partial charge in [0.25, 0.3) is 0 Å². The molecule has 2 aliphatic rings. The Balaban J connectivity index is 0.805. The molecule has 0 radical (unpaired) electrons. The molecule has 0 fully saturated rings. The molecular weight excluding hydrogens is 697 g/mol. The van der Waals surface area contributed by atoms with Gasteiger partial charge >= 0.3 is 0 Å². The van der Waals surface area contributed by atoms with Gasteiger partial charge in [0.1, 0.15) is 11.4 Å². The van der Waals surface area contributed by atoms with Crippen molar-refractivity contribution in [3.8, 4) is 56.9 Å². The third-order valence-electron chi connectivity index (χ3n) is 10.1. The van der Waals surface area contributed by atoms with Crippen LogP contribution in [0.5, 0.6) is 23.0 Å². The van der Waals surface area contributed by atoms with Crippen LogP contribution in [0.15, 0.2) is 182 Å². The number of hydrogen-bond donors (Lipinski definition) is 0. The number of benzene rings is 7. The Morgan fingerprint density at radius 2 is 0.625 bits per heavy atom. The first-order chi connectivity index (χ1) is 27.7. The number of fused-ring (bicyclic) bond motifs is 4. The Morgan fingerprint density at radius 1 is 0.321 bits per heavy atom. The van der Waals surface area contributed by atoms with Crippen molar-refractivity contribution in [2.45, 2.75) is 0 Å². The van der Waals surface area contributed by atoms with Gasteiger partial charge < -0.3 is 19.3 Å². The minimum atomic E-state index is 0.775. The number of ether oxygens (including phenoxy) is 2. The van der Waals surface area contributed by atoms with Crippen molar-refractivity contribution in [2.75, 3.05) is 9.80 Å². The molecule has 4 heterocycles. The minimum Gasteiger partial charge on any atom is -0.453 e. The molecule has 0 N–H and O–H groups in total. The molecule has 11 rings (SSSR count). The Morgan fingerprint density at radius 3 is 0.964 bits per heavy atom. The lowest BCUT2D eigenvalue weighted by molar-refractivity contribution is 0.477. The molecule has 266 valence electrons. The molecule has 7 aromatic carbocycles. The number of para-hydroxylation sites is 8. The summed E-state index contributed by atoms with van der Waals surface area (Å²) in [5.41, 5.74) is 11.3. The van der Waals surface area contributed by atoms with Crippen LogP contribution in [-0.4, -0.2) is 30.0 Å². The first kappa shape index (κ1) is 31.5. The molecule has 0 saturated carbocycles. The summed E-state index contributed by atoms with van der Waals surface area (Å²) >= 11 is 0. The largest absolute Gasteiger partial charge is 0.453 e. The summed E-state index contributed by atoms with van der Waals surface area (Å²) in [7, 11) is 0. The zero-order valence-corrected chi connectivity index (χ0v) is 29.7. The van der Waals surface area contributed by atoms with Crippen LogP contribution in [0.1, 0.15) is 0 Å². The van der Waals surface area contributed by atoms with E-state index >= 15 is 0 Å². The van der Waals surface area contributed by atoms with Crippen molar-refractivity contribution in [1.82, 2.24) is 30.0 Å². The van der Waals surface area contributed by atoms with Gasteiger partial charge in [-0.15, -0.1) is 10.2 Å². The molecule has 2 aromatic heterocycles. The Kier molecular flexibility index (Phi) is 7.24. The molecule has 0 spiro atoms. The molecule has 0 atom stereocenters. The lowest BCUT2D eigenvalue weighted by Crippen LogP contribution is -2.15. The van der Waals surface area contributed by atoms with Crippen LogP contribution >= 0.6 is 0 Å². The maximum absolute atomic E-state index is 6.18. The molecule has 2 aliphatic heterocycles. The second-order valence-corrected chi connectivity index (χ2v) is 13.5. The van der Waals surface area contributed by atoms with Crippen molar-refractivity contribution in [3.63, 3.8) is 0 Å². The van der Waals surface area contributed by atoms with E-state index in [-0.39, 0.29) is 0 Å². The van der Waals surface area contributed by atoms with E-state index in [4.69, 9.17) is 9.47 Å². The van der Waals surface area contributed by atoms with Gasteiger partial charge in [-0.3, -0.25) is 0 Å². The third kappa shape index (κ3) is 5.35. The first-order valence-electron chi connectivity index (χ1n) is 18.2. The standard InChI is InChI=1S/C46H30N8O2/c1-5-13-43-39(9-1)53(40-10-2-6-14-44(40)55-43)35-21-17-31(18-22-35)37-29-51(49-47-37)33-25-27-34(28-26-33)52-30-38(48-50-52)32-19-23-36(24-20-32)54-41-11-3-7-15-45(41)56-46-16-8-4-12-42(46)54/h1-30H. The summed E-state index contributed by atoms with van der Waals surface area (Å²) < 4.78 is 15.9. The highest BCUT2D eigenvalue weighted by atomic mass is 16.5. The summed E-state index contributed by atoms with van der Waals surface area (Å²) in [4.78, 5) is 4.44. The van der Waals surface area contributed by atoms with E-state index in [9.17, 15) is 0 Å². The summed E-state index contributed by atoms with van der Waals surface area (Å²) in [5, 5.41) is 17.9. The molecule has 10 heteroatoms. The predicted octanol–water partition coefficient (Wildman–Crippen LogP) is 11.3. The summed E-state index contributed by atoms with van der Waals surface area (Å²) in [6, 6.07) is 57.0. The lowest BCUT2D eigenvalue weighted by Gasteiger charge is -2.32. The second kappa shape index (κ2) is 12.9. The minimum absolute atomic E-state index is 0.775. The van der Waals surface area contributed by atoms with Gasteiger partial charge in [-0.2, -0.15) is 0 Å². The quantitative estimate of drug-likeness (QED) is 0.167. The van der Waals surface area contributed by atoms with Crippen LogP contribution < -0.4 is 19.3 Å². The third-order valence-corrected chi connectivity index (χ3v) is 10.1. The molecule has 0 saturated heterocycles. The zero-order valence-electron chi connectivity index (χ0n) is 29.7. The number of aromatic nitrogens is 6. The van der Waals surface area contributed by atoms with Crippen molar-refractivity contribution < 1.29 is 9.47 Å². The fourth-order valence-corrected chi connectivity index (χ4v) is 7.33. The number of anilines is 6. The van der Waals surface area contributed by atoms with E-state index < -0.39 is 0 Å². The SMILES string of the molecule is c1ccc2c(c1)Oc1ccccc1N2c1ccc(-c2cn(-c3ccc(-n4cc(-c5ccc(N6c7ccccc7Oc7ccccc76)cc5)nn4)cc3)nn2)cc1. The van der Waals surface area contributed by atoms with E-state index in [1.54, 1.807) is 9.36 Å². The summed E-state index contributed by atoms with van der Waals surface area (Å²) in [6.45, 7) is 0. The molecular formula is C46H30N8O2. The van der Waals surface area contributed by atoms with Gasteiger partial charge in [0.15, 0.2) is 23.0 Å². The van der Waals surface area contributed by atoms with Crippen LogP contribution in [-0.2, 0) is 0 Å². The normalized spacial score (nSPS) is 12.5. The van der Waals surface area contributed by atoms with Gasteiger partial charge in [0.05, 0.1) is 46.5 Å². The average Bonchev–Trinajstić information content (AvgIpc) is 3.97. The first-order valence-corrected chi connectivity index (χ1v) is 18.2. The highest BCUT2D eigenvalue weighted by Crippen LogP contribution is 2.51. The highest BCUT2D eigenvalue weighted by molar-refractivity contribution is 5.88. The van der Waals surface area contributed by atoms with Crippen LogP contribution in [0.2, 0.25) is 0 Å². The van der Waals surface area contributed by atoms with Gasteiger partial charge in [-0.25, -0.2) is 9.36 Å². The van der Waals surface area contributed by atoms with Crippen LogP contribution in [0.4, 0.5) is 34.1 Å². The average molecular weight is 727 g/mol. The maximum atomic E-state index is 6.18. The van der Waals surface area contributed by atoms with E-state index in [1.807, 2.05) is 109 Å². The van der Waals surface area contributed by atoms with Crippen molar-refractivity contribution >= 4 is 34.1 Å². The molecule has 0 aliphatic carbocycles. The molecule has 10 nitrogen and oxygen atoms in total. The van der Waals surface area contributed by atoms with Gasteiger partial charge in [-0.05, 0) is 97.1 Å². The van der Waals surface area contributed by atoms with Crippen molar-refractivity contribution in [3.05, 3.63) is 182 Å². The topological polar surface area (TPSA) is 86.4 Å². The Bertz CT molecular complexity index is 2590. The fraction of sp³-hybridized carbons (Fsp3) is 0. The van der Waals surface area contributed by atoms with Crippen LogP contribution in [0.25, 0.3) is 33.9 Å². The molecule has 9 aromatic rings. The fourth-order valence-electron chi connectivity index (χ4n) is 7.33. The molecule has 0 amide bonds. The van der Waals surface area contributed by atoms with E-state index in [0.29, 0.717) is 0 Å². The van der Waals surface area contributed by atoms with Gasteiger partial charge in [0.2, 0.25) is 0 Å². The monoisotopic (exact) mass is 726 g/mol. The molecule has 0 unspecified atom stereocenters. The Hall–Kier alpha value is -7.98. The second-order valence-electron chi connectivity index (χ2n) is 13.5. The van der Waals surface area contributed by atoms with E-state index in [1.165, 1.54) is 0 Å². The molecule has 56 heavy (non-hydrogen) atoms. The summed E-state index contributed by atoms with van der Waals surface area (Å²) in [6.07, 6.45) is 3.88. The van der Waals surface area contributed by atoms with Crippen LogP contribution in [0, 0.1) is 0 Å². The van der Waals surface area contributed by atoms with E-state index in [0.717, 1.165) is 91.0 Å². The lowest BCUT2D eigenvalue weighted by atomic mass is 10.1. The smallest absolute Gasteiger partial charge is 0.151 e. The highest BCUT2D eigenvalue weighted by Gasteiger charge is 2.26. The summed E-state index contributed by atoms with van der Waals surface area (Å²) in [5.74, 6) is 3.29. The van der Waals surface area contributed by atoms with Crippen LogP contribution in [0.3, 0.4) is 0 Å². The Labute approximate surface area is 321 Å². The van der Waals surface area contributed by atoms with E-state index in [2.05, 4.69) is 103 Å². The van der Waals surface area contributed by atoms with Crippen molar-refractivity contribution in [1.29, 1.82) is 0 Å². The van der Waals surface area contributed by atoms with Gasteiger partial charge in [0, 0.05) is 22.5 Å². The van der Waals surface area contributed by atoms with Crippen molar-refractivity contribution in [2.24, 2.45) is 0 Å². The number of rotatable bonds is 6.